The zero-order valence-electron chi connectivity index (χ0n) is 15.6. The number of ether oxygens (including phenoxy) is 2. The molecule has 0 aromatic heterocycles. The Kier molecular flexibility index (Phi) is 6.23. The van der Waals surface area contributed by atoms with Crippen LogP contribution in [0.15, 0.2) is 53.4 Å². The van der Waals surface area contributed by atoms with Crippen LogP contribution in [0.1, 0.15) is 12.8 Å². The van der Waals surface area contributed by atoms with Crippen LogP contribution in [-0.4, -0.2) is 41.0 Å². The molecule has 0 radical (unpaired) electrons. The first-order valence-corrected chi connectivity index (χ1v) is 10.4. The summed E-state index contributed by atoms with van der Waals surface area (Å²) in [6, 6.07) is 11.9. The molecule has 0 saturated carbocycles. The lowest BCUT2D eigenvalue weighted by atomic mass is 10.1. The number of nitrogens with one attached hydrogen (secondary N) is 1. The van der Waals surface area contributed by atoms with Gasteiger partial charge in [0.25, 0.3) is 0 Å². The molecule has 158 valence electrons. The molecule has 1 N–H and O–H groups in total. The quantitative estimate of drug-likeness (QED) is 0.759. The zero-order valence-corrected chi connectivity index (χ0v) is 16.5. The number of rotatable bonds is 6. The number of methoxy groups -OCH3 is 1. The van der Waals surface area contributed by atoms with Crippen molar-refractivity contribution in [3.05, 3.63) is 48.5 Å². The Labute approximate surface area is 167 Å². The molecule has 6 nitrogen and oxygen atoms in total. The second-order valence-corrected chi connectivity index (χ2v) is 8.26. The van der Waals surface area contributed by atoms with Crippen molar-refractivity contribution >= 4 is 15.7 Å². The number of nitrogens with zero attached hydrogens (tertiary/aromatic N) is 1. The zero-order chi connectivity index (χ0) is 21.1. The van der Waals surface area contributed by atoms with Gasteiger partial charge in [-0.3, -0.25) is 0 Å². The van der Waals surface area contributed by atoms with Gasteiger partial charge in [0, 0.05) is 24.8 Å². The maximum atomic E-state index is 12.6. The van der Waals surface area contributed by atoms with Gasteiger partial charge in [-0.1, -0.05) is 12.1 Å². The largest absolute Gasteiger partial charge is 0.573 e. The molecule has 0 amide bonds. The molecule has 1 aliphatic heterocycles. The molecule has 0 unspecified atom stereocenters. The summed E-state index contributed by atoms with van der Waals surface area (Å²) in [7, 11) is -2.58. The number of para-hydroxylation sites is 1. The van der Waals surface area contributed by atoms with Crippen LogP contribution in [-0.2, 0) is 10.0 Å². The molecule has 0 atom stereocenters. The predicted octanol–water partition coefficient (Wildman–Crippen LogP) is 3.54. The number of anilines is 1. The minimum Gasteiger partial charge on any atom is -0.497 e. The number of hydrogen-bond acceptors (Lipinski definition) is 5. The van der Waals surface area contributed by atoms with Crippen LogP contribution in [0.3, 0.4) is 0 Å². The van der Waals surface area contributed by atoms with E-state index in [1.165, 1.54) is 12.1 Å². The van der Waals surface area contributed by atoms with Gasteiger partial charge in [-0.15, -0.1) is 13.2 Å². The van der Waals surface area contributed by atoms with Crippen LogP contribution in [0.2, 0.25) is 0 Å². The summed E-state index contributed by atoms with van der Waals surface area (Å²) in [5.74, 6) is -0.000643. The first-order chi connectivity index (χ1) is 13.7. The summed E-state index contributed by atoms with van der Waals surface area (Å²) in [6.07, 6.45) is -3.93. The van der Waals surface area contributed by atoms with Crippen molar-refractivity contribution in [2.24, 2.45) is 0 Å². The Bertz CT molecular complexity index is 925. The Morgan fingerprint density at radius 3 is 2.24 bits per heavy atom. The van der Waals surface area contributed by atoms with Crippen molar-refractivity contribution in [1.82, 2.24) is 4.72 Å². The van der Waals surface area contributed by atoms with E-state index in [1.807, 2.05) is 24.3 Å². The van der Waals surface area contributed by atoms with E-state index in [2.05, 4.69) is 14.4 Å². The lowest BCUT2D eigenvalue weighted by Crippen LogP contribution is -2.44. The minimum atomic E-state index is -4.98. The topological polar surface area (TPSA) is 67.9 Å². The van der Waals surface area contributed by atoms with Crippen molar-refractivity contribution in [2.45, 2.75) is 30.1 Å². The van der Waals surface area contributed by atoms with Crippen molar-refractivity contribution in [2.75, 3.05) is 25.1 Å². The summed E-state index contributed by atoms with van der Waals surface area (Å²) < 4.78 is 74.5. The summed E-state index contributed by atoms with van der Waals surface area (Å²) >= 11 is 0. The Morgan fingerprint density at radius 2 is 1.66 bits per heavy atom. The average Bonchev–Trinajstić information content (AvgIpc) is 2.67. The van der Waals surface area contributed by atoms with Crippen molar-refractivity contribution in [1.29, 1.82) is 0 Å². The molecule has 10 heteroatoms. The second-order valence-electron chi connectivity index (χ2n) is 6.58. The molecule has 1 saturated heterocycles. The van der Waals surface area contributed by atoms with E-state index in [4.69, 9.17) is 4.74 Å². The van der Waals surface area contributed by atoms with Crippen molar-refractivity contribution in [3.8, 4) is 11.5 Å². The summed E-state index contributed by atoms with van der Waals surface area (Å²) in [6.45, 7) is 1.22. The lowest BCUT2D eigenvalue weighted by Gasteiger charge is -2.34. The molecule has 2 aromatic carbocycles. The van der Waals surface area contributed by atoms with Crippen molar-refractivity contribution in [3.63, 3.8) is 0 Å². The predicted molar refractivity (Wildman–Crippen MR) is 102 cm³/mol. The number of alkyl halides is 3. The minimum absolute atomic E-state index is 0.381. The summed E-state index contributed by atoms with van der Waals surface area (Å²) in [4.78, 5) is 1.58. The normalized spacial score (nSPS) is 15.9. The van der Waals surface area contributed by atoms with E-state index in [0.717, 1.165) is 23.6 Å². The molecule has 0 aliphatic carbocycles. The molecule has 1 fully saturated rings. The molecular formula is C19H21F3N2O4S. The van der Waals surface area contributed by atoms with Gasteiger partial charge in [-0.05, 0) is 49.2 Å². The Balaban J connectivity index is 1.65. The average molecular weight is 430 g/mol. The van der Waals surface area contributed by atoms with Gasteiger partial charge < -0.3 is 14.4 Å². The van der Waals surface area contributed by atoms with Gasteiger partial charge in [0.15, 0.2) is 0 Å². The lowest BCUT2D eigenvalue weighted by molar-refractivity contribution is -0.275. The number of sulfonamides is 1. The first-order valence-electron chi connectivity index (χ1n) is 8.94. The second kappa shape index (κ2) is 8.50. The molecule has 1 aliphatic rings. The van der Waals surface area contributed by atoms with Crippen molar-refractivity contribution < 1.29 is 31.1 Å². The van der Waals surface area contributed by atoms with E-state index in [9.17, 15) is 21.6 Å². The van der Waals surface area contributed by atoms with Gasteiger partial charge in [0.05, 0.1) is 7.11 Å². The fraction of sp³-hybridized carbons (Fsp3) is 0.368. The van der Waals surface area contributed by atoms with Crippen LogP contribution >= 0.6 is 0 Å². The SMILES string of the molecule is COc1ccc(N2CCC(NS(=O)(=O)c3ccccc3OC(F)(F)F)CC2)cc1. The maximum Gasteiger partial charge on any atom is 0.573 e. The molecule has 1 heterocycles. The Morgan fingerprint density at radius 1 is 1.03 bits per heavy atom. The molecule has 29 heavy (non-hydrogen) atoms. The van der Waals surface area contributed by atoms with E-state index >= 15 is 0 Å². The summed E-state index contributed by atoms with van der Waals surface area (Å²) in [5.41, 5.74) is 0.996. The smallest absolute Gasteiger partial charge is 0.497 e. The van der Waals surface area contributed by atoms with E-state index in [0.29, 0.717) is 25.9 Å². The highest BCUT2D eigenvalue weighted by molar-refractivity contribution is 7.89. The number of piperidine rings is 1. The molecule has 2 aromatic rings. The molecule has 3 rings (SSSR count). The van der Waals surface area contributed by atoms with Crippen LogP contribution in [0, 0.1) is 0 Å². The first kappa shape index (κ1) is 21.3. The van der Waals surface area contributed by atoms with E-state index in [1.54, 1.807) is 7.11 Å². The standard InChI is InChI=1S/C19H21F3N2O4S/c1-27-16-8-6-15(7-9-16)24-12-10-14(11-13-24)23-29(25,26)18-5-3-2-4-17(18)28-19(20,21)22/h2-9,14,23H,10-13H2,1H3. The third-order valence-corrected chi connectivity index (χ3v) is 6.18. The van der Waals surface area contributed by atoms with E-state index in [-0.39, 0.29) is 6.04 Å². The monoisotopic (exact) mass is 430 g/mol. The van der Waals surface area contributed by atoms with Gasteiger partial charge in [-0.25, -0.2) is 13.1 Å². The van der Waals surface area contributed by atoms with Crippen LogP contribution in [0.5, 0.6) is 11.5 Å². The fourth-order valence-electron chi connectivity index (χ4n) is 3.21. The number of halogens is 3. The molecule has 0 bridgehead atoms. The third-order valence-electron chi connectivity index (χ3n) is 4.62. The number of hydrogen-bond donors (Lipinski definition) is 1. The van der Waals surface area contributed by atoms with Gasteiger partial charge in [-0.2, -0.15) is 0 Å². The molecule has 0 spiro atoms. The van der Waals surface area contributed by atoms with Gasteiger partial charge in [0.1, 0.15) is 16.4 Å². The third kappa shape index (κ3) is 5.54. The van der Waals surface area contributed by atoms with Crippen LogP contribution in [0.4, 0.5) is 18.9 Å². The molecular weight excluding hydrogens is 409 g/mol. The highest BCUT2D eigenvalue weighted by atomic mass is 32.2. The highest BCUT2D eigenvalue weighted by Crippen LogP contribution is 2.30. The highest BCUT2D eigenvalue weighted by Gasteiger charge is 2.34. The number of benzene rings is 2. The summed E-state index contributed by atoms with van der Waals surface area (Å²) in [5, 5.41) is 0. The maximum absolute atomic E-state index is 12.6. The van der Waals surface area contributed by atoms with Crippen LogP contribution < -0.4 is 19.1 Å². The van der Waals surface area contributed by atoms with Crippen LogP contribution in [0.25, 0.3) is 0 Å². The Hall–Kier alpha value is -2.46. The van der Waals surface area contributed by atoms with Gasteiger partial charge in [0.2, 0.25) is 10.0 Å². The van der Waals surface area contributed by atoms with E-state index < -0.39 is 27.0 Å². The van der Waals surface area contributed by atoms with Gasteiger partial charge >= 0.3 is 6.36 Å². The fourth-order valence-corrected chi connectivity index (χ4v) is 4.65.